The van der Waals surface area contributed by atoms with Crippen LogP contribution in [0.4, 0.5) is 0 Å². The SMILES string of the molecule is Clc1ccsc1C1CNC1. The van der Waals surface area contributed by atoms with Crippen molar-refractivity contribution in [2.75, 3.05) is 13.1 Å². The Kier molecular flexibility index (Phi) is 1.68. The third kappa shape index (κ3) is 0.965. The van der Waals surface area contributed by atoms with Gasteiger partial charge >= 0.3 is 0 Å². The van der Waals surface area contributed by atoms with E-state index in [4.69, 9.17) is 11.6 Å². The molecule has 0 amide bonds. The predicted octanol–water partition coefficient (Wildman–Crippen LogP) is 2.09. The Morgan fingerprint density at radius 2 is 2.40 bits per heavy atom. The lowest BCUT2D eigenvalue weighted by Gasteiger charge is -2.26. The van der Waals surface area contributed by atoms with Crippen molar-refractivity contribution < 1.29 is 0 Å². The number of halogens is 1. The van der Waals surface area contributed by atoms with E-state index in [-0.39, 0.29) is 0 Å². The average Bonchev–Trinajstić information content (AvgIpc) is 2.12. The first kappa shape index (κ1) is 6.65. The molecule has 1 fully saturated rings. The van der Waals surface area contributed by atoms with Gasteiger partial charge in [-0.2, -0.15) is 0 Å². The fourth-order valence-corrected chi connectivity index (χ4v) is 2.39. The van der Waals surface area contributed by atoms with E-state index in [9.17, 15) is 0 Å². The summed E-state index contributed by atoms with van der Waals surface area (Å²) in [5.41, 5.74) is 0. The summed E-state index contributed by atoms with van der Waals surface area (Å²) in [7, 11) is 0. The second-order valence-electron chi connectivity index (χ2n) is 2.49. The Morgan fingerprint density at radius 3 is 2.80 bits per heavy atom. The maximum Gasteiger partial charge on any atom is 0.0548 e. The first-order chi connectivity index (χ1) is 4.88. The van der Waals surface area contributed by atoms with Crippen LogP contribution in [0.3, 0.4) is 0 Å². The Morgan fingerprint density at radius 1 is 1.60 bits per heavy atom. The highest BCUT2D eigenvalue weighted by atomic mass is 35.5. The van der Waals surface area contributed by atoms with Crippen LogP contribution in [0.2, 0.25) is 5.02 Å². The van der Waals surface area contributed by atoms with Crippen molar-refractivity contribution in [3.8, 4) is 0 Å². The molecule has 1 N–H and O–H groups in total. The van der Waals surface area contributed by atoms with Gasteiger partial charge in [0.1, 0.15) is 0 Å². The summed E-state index contributed by atoms with van der Waals surface area (Å²) < 4.78 is 0. The van der Waals surface area contributed by atoms with Crippen LogP contribution in [0, 0.1) is 0 Å². The molecule has 0 aromatic carbocycles. The zero-order valence-corrected chi connectivity index (χ0v) is 7.00. The summed E-state index contributed by atoms with van der Waals surface area (Å²) in [6.07, 6.45) is 0. The summed E-state index contributed by atoms with van der Waals surface area (Å²) in [6.45, 7) is 2.19. The Balaban J connectivity index is 2.23. The van der Waals surface area contributed by atoms with E-state index in [0.717, 1.165) is 18.1 Å². The van der Waals surface area contributed by atoms with Crippen molar-refractivity contribution in [1.29, 1.82) is 0 Å². The Labute approximate surface area is 69.0 Å². The van der Waals surface area contributed by atoms with Gasteiger partial charge < -0.3 is 5.32 Å². The fourth-order valence-electron chi connectivity index (χ4n) is 1.07. The third-order valence-corrected chi connectivity index (χ3v) is 3.32. The van der Waals surface area contributed by atoms with Crippen LogP contribution in [-0.2, 0) is 0 Å². The molecular formula is C7H8ClNS. The minimum absolute atomic E-state index is 0.687. The summed E-state index contributed by atoms with van der Waals surface area (Å²) in [5.74, 6) is 0.687. The lowest BCUT2D eigenvalue weighted by molar-refractivity contribution is 0.454. The summed E-state index contributed by atoms with van der Waals surface area (Å²) in [6, 6.07) is 1.97. The minimum atomic E-state index is 0.687. The van der Waals surface area contributed by atoms with Gasteiger partial charge in [0.2, 0.25) is 0 Å². The molecule has 0 bridgehead atoms. The van der Waals surface area contributed by atoms with Crippen molar-refractivity contribution in [2.45, 2.75) is 5.92 Å². The number of hydrogen-bond donors (Lipinski definition) is 1. The van der Waals surface area contributed by atoms with Crippen molar-refractivity contribution in [1.82, 2.24) is 5.32 Å². The maximum absolute atomic E-state index is 5.93. The van der Waals surface area contributed by atoms with Gasteiger partial charge in [0.05, 0.1) is 5.02 Å². The van der Waals surface area contributed by atoms with Crippen LogP contribution in [0.25, 0.3) is 0 Å². The van der Waals surface area contributed by atoms with Gasteiger partial charge in [0, 0.05) is 23.9 Å². The quantitative estimate of drug-likeness (QED) is 0.686. The molecule has 0 spiro atoms. The van der Waals surface area contributed by atoms with E-state index in [0.29, 0.717) is 5.92 Å². The Bertz CT molecular complexity index is 229. The van der Waals surface area contributed by atoms with Crippen molar-refractivity contribution >= 4 is 22.9 Å². The number of rotatable bonds is 1. The first-order valence-electron chi connectivity index (χ1n) is 3.31. The van der Waals surface area contributed by atoms with Gasteiger partial charge in [-0.05, 0) is 11.4 Å². The van der Waals surface area contributed by atoms with Crippen LogP contribution >= 0.6 is 22.9 Å². The van der Waals surface area contributed by atoms with Crippen molar-refractivity contribution in [3.05, 3.63) is 21.3 Å². The monoisotopic (exact) mass is 173 g/mol. The highest BCUT2D eigenvalue weighted by Gasteiger charge is 2.21. The minimum Gasteiger partial charge on any atom is -0.315 e. The average molecular weight is 174 g/mol. The van der Waals surface area contributed by atoms with Gasteiger partial charge in [-0.25, -0.2) is 0 Å². The van der Waals surface area contributed by atoms with Gasteiger partial charge in [-0.15, -0.1) is 11.3 Å². The molecule has 2 rings (SSSR count). The smallest absolute Gasteiger partial charge is 0.0548 e. The molecule has 1 aromatic rings. The lowest BCUT2D eigenvalue weighted by Crippen LogP contribution is -2.39. The van der Waals surface area contributed by atoms with Crippen molar-refractivity contribution in [2.24, 2.45) is 0 Å². The fraction of sp³-hybridized carbons (Fsp3) is 0.429. The molecule has 0 saturated carbocycles. The summed E-state index contributed by atoms with van der Waals surface area (Å²) in [4.78, 5) is 1.35. The van der Waals surface area contributed by atoms with Crippen LogP contribution in [-0.4, -0.2) is 13.1 Å². The molecule has 0 radical (unpaired) electrons. The topological polar surface area (TPSA) is 12.0 Å². The van der Waals surface area contributed by atoms with Crippen molar-refractivity contribution in [3.63, 3.8) is 0 Å². The molecule has 3 heteroatoms. The molecule has 1 aliphatic heterocycles. The van der Waals surface area contributed by atoms with E-state index in [1.165, 1.54) is 4.88 Å². The number of nitrogens with one attached hydrogen (secondary N) is 1. The normalized spacial score (nSPS) is 18.9. The number of hydrogen-bond acceptors (Lipinski definition) is 2. The largest absolute Gasteiger partial charge is 0.315 e. The van der Waals surface area contributed by atoms with Crippen LogP contribution in [0.1, 0.15) is 10.8 Å². The van der Waals surface area contributed by atoms with Crippen LogP contribution < -0.4 is 5.32 Å². The highest BCUT2D eigenvalue weighted by Crippen LogP contribution is 2.31. The summed E-state index contributed by atoms with van der Waals surface area (Å²) >= 11 is 7.69. The van der Waals surface area contributed by atoms with E-state index >= 15 is 0 Å². The van der Waals surface area contributed by atoms with Crippen LogP contribution in [0.5, 0.6) is 0 Å². The second kappa shape index (κ2) is 2.53. The molecule has 1 aromatic heterocycles. The van der Waals surface area contributed by atoms with E-state index in [1.54, 1.807) is 11.3 Å². The van der Waals surface area contributed by atoms with E-state index in [1.807, 2.05) is 6.07 Å². The molecule has 54 valence electrons. The number of thiophene rings is 1. The third-order valence-electron chi connectivity index (χ3n) is 1.80. The van der Waals surface area contributed by atoms with Gasteiger partial charge in [-0.3, -0.25) is 0 Å². The van der Waals surface area contributed by atoms with E-state index in [2.05, 4.69) is 10.7 Å². The van der Waals surface area contributed by atoms with E-state index < -0.39 is 0 Å². The lowest BCUT2D eigenvalue weighted by atomic mass is 10.0. The second-order valence-corrected chi connectivity index (χ2v) is 3.84. The molecule has 2 heterocycles. The van der Waals surface area contributed by atoms with Gasteiger partial charge in [0.15, 0.2) is 0 Å². The molecule has 1 aliphatic rings. The summed E-state index contributed by atoms with van der Waals surface area (Å²) in [5, 5.41) is 6.22. The molecule has 1 saturated heterocycles. The standard InChI is InChI=1S/C7H8ClNS/c8-6-1-2-10-7(6)5-3-9-4-5/h1-2,5,9H,3-4H2. The Hall–Kier alpha value is -0.0500. The van der Waals surface area contributed by atoms with Gasteiger partial charge in [0.25, 0.3) is 0 Å². The molecular weight excluding hydrogens is 166 g/mol. The molecule has 1 nitrogen and oxygen atoms in total. The first-order valence-corrected chi connectivity index (χ1v) is 4.57. The molecule has 0 aliphatic carbocycles. The van der Waals surface area contributed by atoms with Gasteiger partial charge in [-0.1, -0.05) is 11.6 Å². The highest BCUT2D eigenvalue weighted by molar-refractivity contribution is 7.10. The maximum atomic E-state index is 5.93. The molecule has 10 heavy (non-hydrogen) atoms. The molecule has 0 atom stereocenters. The zero-order valence-electron chi connectivity index (χ0n) is 5.43. The zero-order chi connectivity index (χ0) is 6.97. The molecule has 0 unspecified atom stereocenters. The van der Waals surface area contributed by atoms with Crippen LogP contribution in [0.15, 0.2) is 11.4 Å². The predicted molar refractivity (Wildman–Crippen MR) is 44.9 cm³/mol.